The Bertz CT molecular complexity index is 1600. The molecule has 1 aromatic heterocycles. The average Bonchev–Trinajstić information content (AvgIpc) is 3.41. The van der Waals surface area contributed by atoms with Crippen molar-refractivity contribution >= 4 is 22.6 Å². The van der Waals surface area contributed by atoms with Crippen molar-refractivity contribution in [2.24, 2.45) is 5.92 Å². The van der Waals surface area contributed by atoms with Gasteiger partial charge in [-0.05, 0) is 47.5 Å². The normalized spacial score (nSPS) is 20.9. The Morgan fingerprint density at radius 3 is 2.48 bits per heavy atom. The smallest absolute Gasteiger partial charge is 0.255 e. The van der Waals surface area contributed by atoms with Gasteiger partial charge in [0.25, 0.3) is 5.91 Å². The van der Waals surface area contributed by atoms with Crippen LogP contribution in [0.2, 0.25) is 0 Å². The number of aliphatic hydroxyl groups is 1. The highest BCUT2D eigenvalue weighted by molar-refractivity contribution is 6.04. The predicted molar refractivity (Wildman–Crippen MR) is 154 cm³/mol. The molecule has 5 aromatic rings. The van der Waals surface area contributed by atoms with E-state index in [2.05, 4.69) is 27.9 Å². The van der Waals surface area contributed by atoms with Gasteiger partial charge in [0.05, 0.1) is 42.7 Å². The van der Waals surface area contributed by atoms with Gasteiger partial charge in [0.1, 0.15) is 0 Å². The second kappa shape index (κ2) is 11.4. The number of hydrogen-bond acceptors (Lipinski definition) is 5. The zero-order valence-electron chi connectivity index (χ0n) is 22.2. The van der Waals surface area contributed by atoms with E-state index in [1.54, 1.807) is 12.1 Å². The van der Waals surface area contributed by atoms with Crippen LogP contribution in [0.1, 0.15) is 46.4 Å². The van der Waals surface area contributed by atoms with Crippen molar-refractivity contribution in [2.75, 3.05) is 5.32 Å². The van der Waals surface area contributed by atoms with Crippen molar-refractivity contribution in [3.8, 4) is 0 Å². The number of nitrogens with zero attached hydrogens (tertiary/aromatic N) is 2. The predicted octanol–water partition coefficient (Wildman–Crippen LogP) is 6.27. The number of carbonyl (C=O) groups is 1. The summed E-state index contributed by atoms with van der Waals surface area (Å²) in [5.74, 6) is -0.151. The molecule has 1 saturated heterocycles. The lowest BCUT2D eigenvalue weighted by atomic mass is 9.90. The summed E-state index contributed by atoms with van der Waals surface area (Å²) in [6.45, 7) is 2.74. The molecule has 2 heterocycles. The van der Waals surface area contributed by atoms with E-state index in [1.807, 2.05) is 91.3 Å². The first kappa shape index (κ1) is 26.0. The maximum atomic E-state index is 12.8. The molecule has 1 aliphatic heterocycles. The zero-order valence-corrected chi connectivity index (χ0v) is 22.2. The van der Waals surface area contributed by atoms with Crippen molar-refractivity contribution in [1.29, 1.82) is 0 Å². The number of imidazole rings is 1. The van der Waals surface area contributed by atoms with E-state index < -0.39 is 6.29 Å². The van der Waals surface area contributed by atoms with Crippen LogP contribution in [0.3, 0.4) is 0 Å². The van der Waals surface area contributed by atoms with Crippen LogP contribution in [-0.2, 0) is 22.6 Å². The fourth-order valence-electron chi connectivity index (χ4n) is 5.23. The molecule has 0 bridgehead atoms. The van der Waals surface area contributed by atoms with Gasteiger partial charge >= 0.3 is 0 Å². The Hall–Kier alpha value is -4.30. The molecule has 0 unspecified atom stereocenters. The van der Waals surface area contributed by atoms with Gasteiger partial charge in [-0.2, -0.15) is 0 Å². The zero-order chi connectivity index (χ0) is 27.5. The van der Waals surface area contributed by atoms with E-state index in [0.717, 1.165) is 27.7 Å². The number of aromatic nitrogens is 2. The second-order valence-electron chi connectivity index (χ2n) is 10.2. The monoisotopic (exact) mass is 533 g/mol. The molecule has 6 rings (SSSR count). The molecule has 202 valence electrons. The van der Waals surface area contributed by atoms with Crippen molar-refractivity contribution in [1.82, 2.24) is 9.55 Å². The SMILES string of the molecule is C[C@@H]1[C@H](Cn2cnc3ccccc32)O[C@H](c2cccc(NC(=O)c3ccccc3)c2)O[C@@H]1c1ccc(CO)cc1. The topological polar surface area (TPSA) is 85.6 Å². The third-order valence-electron chi connectivity index (χ3n) is 7.48. The number of benzene rings is 4. The highest BCUT2D eigenvalue weighted by Crippen LogP contribution is 2.42. The number of nitrogens with one attached hydrogen (secondary N) is 1. The number of para-hydroxylation sites is 2. The summed E-state index contributed by atoms with van der Waals surface area (Å²) in [6, 6.07) is 32.7. The van der Waals surface area contributed by atoms with Crippen LogP contribution < -0.4 is 5.32 Å². The molecule has 0 radical (unpaired) electrons. The van der Waals surface area contributed by atoms with E-state index in [9.17, 15) is 9.90 Å². The molecule has 0 saturated carbocycles. The first-order valence-corrected chi connectivity index (χ1v) is 13.5. The maximum absolute atomic E-state index is 12.8. The largest absolute Gasteiger partial charge is 0.392 e. The molecule has 7 nitrogen and oxygen atoms in total. The van der Waals surface area contributed by atoms with Crippen LogP contribution >= 0.6 is 0 Å². The first-order valence-electron chi connectivity index (χ1n) is 13.5. The second-order valence-corrected chi connectivity index (χ2v) is 10.2. The Morgan fingerprint density at radius 2 is 1.68 bits per heavy atom. The molecule has 7 heteroatoms. The molecule has 2 N–H and O–H groups in total. The van der Waals surface area contributed by atoms with Crippen LogP contribution in [0.15, 0.2) is 109 Å². The summed E-state index contributed by atoms with van der Waals surface area (Å²) in [4.78, 5) is 17.3. The van der Waals surface area contributed by atoms with Gasteiger partial charge in [0, 0.05) is 22.7 Å². The highest BCUT2D eigenvalue weighted by Gasteiger charge is 2.38. The molecule has 0 spiro atoms. The van der Waals surface area contributed by atoms with Crippen molar-refractivity contribution < 1.29 is 19.4 Å². The van der Waals surface area contributed by atoms with E-state index in [4.69, 9.17) is 9.47 Å². The molecule has 1 aliphatic rings. The minimum absolute atomic E-state index is 0.00901. The fourth-order valence-corrected chi connectivity index (χ4v) is 5.23. The third kappa shape index (κ3) is 5.40. The number of rotatable bonds is 7. The Kier molecular flexibility index (Phi) is 7.42. The van der Waals surface area contributed by atoms with Crippen molar-refractivity contribution in [3.63, 3.8) is 0 Å². The number of anilines is 1. The lowest BCUT2D eigenvalue weighted by Gasteiger charge is -2.41. The van der Waals surface area contributed by atoms with Crippen LogP contribution in [-0.4, -0.2) is 26.7 Å². The molecule has 40 heavy (non-hydrogen) atoms. The van der Waals surface area contributed by atoms with E-state index >= 15 is 0 Å². The van der Waals surface area contributed by atoms with Gasteiger partial charge in [-0.25, -0.2) is 4.98 Å². The fraction of sp³-hybridized carbons (Fsp3) is 0.212. The molecule has 1 amide bonds. The maximum Gasteiger partial charge on any atom is 0.255 e. The molecule has 4 aromatic carbocycles. The van der Waals surface area contributed by atoms with Gasteiger partial charge in [0.15, 0.2) is 6.29 Å². The Balaban J connectivity index is 1.30. The number of carbonyl (C=O) groups excluding carboxylic acids is 1. The summed E-state index contributed by atoms with van der Waals surface area (Å²) in [6.07, 6.45) is 0.790. The minimum atomic E-state index is -0.646. The van der Waals surface area contributed by atoms with Crippen molar-refractivity contribution in [3.05, 3.63) is 132 Å². The molecule has 4 atom stereocenters. The molecular weight excluding hydrogens is 502 g/mol. The minimum Gasteiger partial charge on any atom is -0.392 e. The number of fused-ring (bicyclic) bond motifs is 1. The lowest BCUT2D eigenvalue weighted by molar-refractivity contribution is -0.276. The van der Waals surface area contributed by atoms with Crippen LogP contribution in [0.4, 0.5) is 5.69 Å². The van der Waals surface area contributed by atoms with Gasteiger partial charge in [-0.1, -0.05) is 73.7 Å². The van der Waals surface area contributed by atoms with Crippen LogP contribution in [0.25, 0.3) is 11.0 Å². The Morgan fingerprint density at radius 1 is 0.900 bits per heavy atom. The number of hydrogen-bond donors (Lipinski definition) is 2. The highest BCUT2D eigenvalue weighted by atomic mass is 16.7. The van der Waals surface area contributed by atoms with Crippen molar-refractivity contribution in [2.45, 2.75) is 38.6 Å². The number of amides is 1. The van der Waals surface area contributed by atoms with E-state index in [1.165, 1.54) is 0 Å². The first-order chi connectivity index (χ1) is 19.6. The van der Waals surface area contributed by atoms with E-state index in [-0.39, 0.29) is 30.6 Å². The van der Waals surface area contributed by atoms with Gasteiger partial charge < -0.3 is 24.5 Å². The number of aliphatic hydroxyl groups excluding tert-OH is 1. The van der Waals surface area contributed by atoms with Gasteiger partial charge in [0.2, 0.25) is 0 Å². The standard InChI is InChI=1S/C33H31N3O4/c1-22-30(19-36-21-34-28-12-5-6-13-29(28)36)39-33(40-31(22)24-16-14-23(20-37)15-17-24)26-10-7-11-27(18-26)35-32(38)25-8-3-2-4-9-25/h2-18,21-22,30-31,33,37H,19-20H2,1H3,(H,35,38)/t22-,30+,31+,33+/m1/s1. The van der Waals surface area contributed by atoms with Crippen LogP contribution in [0, 0.1) is 5.92 Å². The summed E-state index contributed by atoms with van der Waals surface area (Å²) in [5.41, 5.74) is 5.93. The molecular formula is C33H31N3O4. The average molecular weight is 534 g/mol. The quantitative estimate of drug-likeness (QED) is 0.257. The van der Waals surface area contributed by atoms with Gasteiger partial charge in [-0.3, -0.25) is 4.79 Å². The van der Waals surface area contributed by atoms with E-state index in [0.29, 0.717) is 17.8 Å². The lowest BCUT2D eigenvalue weighted by Crippen LogP contribution is -2.39. The summed E-state index contributed by atoms with van der Waals surface area (Å²) >= 11 is 0. The summed E-state index contributed by atoms with van der Waals surface area (Å²) in [5, 5.41) is 12.5. The van der Waals surface area contributed by atoms with Gasteiger partial charge in [-0.15, -0.1) is 0 Å². The molecule has 1 fully saturated rings. The summed E-state index contributed by atoms with van der Waals surface area (Å²) < 4.78 is 15.4. The Labute approximate surface area is 233 Å². The summed E-state index contributed by atoms with van der Waals surface area (Å²) in [7, 11) is 0. The number of ether oxygens (including phenoxy) is 2. The van der Waals surface area contributed by atoms with Crippen LogP contribution in [0.5, 0.6) is 0 Å². The molecule has 0 aliphatic carbocycles. The third-order valence-corrected chi connectivity index (χ3v) is 7.48.